The van der Waals surface area contributed by atoms with E-state index in [4.69, 9.17) is 0 Å². The minimum atomic E-state index is 0.888. The van der Waals surface area contributed by atoms with Crippen LogP contribution in [0.25, 0.3) is 0 Å². The molecule has 184 valence electrons. The molecule has 1 heteroatoms. The number of hydrogen-bond acceptors (Lipinski definition) is 1. The van der Waals surface area contributed by atoms with E-state index in [0.29, 0.717) is 0 Å². The summed E-state index contributed by atoms with van der Waals surface area (Å²) in [6.45, 7) is 3.76. The number of nitrogens with zero attached hydrogens (tertiary/aromatic N) is 1. The highest BCUT2D eigenvalue weighted by Crippen LogP contribution is 2.28. The van der Waals surface area contributed by atoms with E-state index in [2.05, 4.69) is 11.8 Å². The Kier molecular flexibility index (Phi) is 17.1. The monoisotopic (exact) mass is 433 g/mol. The van der Waals surface area contributed by atoms with Crippen molar-refractivity contribution in [2.45, 2.75) is 186 Å². The molecule has 0 N–H and O–H groups in total. The molecule has 0 spiro atoms. The Balaban J connectivity index is 2.01. The van der Waals surface area contributed by atoms with Crippen LogP contribution in [0.1, 0.15) is 174 Å². The van der Waals surface area contributed by atoms with Crippen molar-refractivity contribution in [1.82, 2.24) is 4.90 Å². The first-order valence-corrected chi connectivity index (χ1v) is 15.2. The summed E-state index contributed by atoms with van der Waals surface area (Å²) in [4.78, 5) is 3.12. The molecule has 2 aliphatic carbocycles. The molecule has 0 aromatic heterocycles. The average Bonchev–Trinajstić information content (AvgIpc) is 2.76. The lowest BCUT2D eigenvalue weighted by Crippen LogP contribution is -2.44. The highest BCUT2D eigenvalue weighted by atomic mass is 15.2. The molecular weight excluding hydrogens is 374 g/mol. The maximum atomic E-state index is 3.12. The predicted molar refractivity (Wildman–Crippen MR) is 140 cm³/mol. The molecule has 0 unspecified atom stereocenters. The van der Waals surface area contributed by atoms with Gasteiger partial charge in [-0.05, 0) is 38.6 Å². The van der Waals surface area contributed by atoms with Crippen LogP contribution in [0.5, 0.6) is 0 Å². The Morgan fingerprint density at radius 1 is 0.419 bits per heavy atom. The summed E-state index contributed by atoms with van der Waals surface area (Å²) >= 11 is 0. The average molecular weight is 434 g/mol. The van der Waals surface area contributed by atoms with E-state index >= 15 is 0 Å². The highest BCUT2D eigenvalue weighted by Gasteiger charge is 2.25. The van der Waals surface area contributed by atoms with Gasteiger partial charge in [0.2, 0.25) is 0 Å². The topological polar surface area (TPSA) is 3.24 Å². The van der Waals surface area contributed by atoms with Crippen LogP contribution in [-0.2, 0) is 0 Å². The van der Waals surface area contributed by atoms with Crippen LogP contribution in [-0.4, -0.2) is 23.5 Å². The Labute approximate surface area is 197 Å². The standard InChI is InChI=1S/C30H59N/c1-2-3-4-23-28-31(29-24-19-15-11-7-5-8-12-16-20-25-29)30-26-21-17-13-9-6-10-14-18-22-27-30/h29-30H,2-28H2,1H3. The van der Waals surface area contributed by atoms with Crippen molar-refractivity contribution in [2.75, 3.05) is 6.54 Å². The Hall–Kier alpha value is -0.0400. The molecule has 0 amide bonds. The van der Waals surface area contributed by atoms with Crippen molar-refractivity contribution in [3.8, 4) is 0 Å². The van der Waals surface area contributed by atoms with E-state index in [9.17, 15) is 0 Å². The predicted octanol–water partition coefficient (Wildman–Crippen LogP) is 10.2. The van der Waals surface area contributed by atoms with E-state index in [-0.39, 0.29) is 0 Å². The molecule has 0 aliphatic heterocycles. The summed E-state index contributed by atoms with van der Waals surface area (Å²) in [5.74, 6) is 0. The van der Waals surface area contributed by atoms with Crippen LogP contribution in [0, 0.1) is 0 Å². The zero-order chi connectivity index (χ0) is 21.8. The fourth-order valence-corrected chi connectivity index (χ4v) is 6.33. The first-order chi connectivity index (χ1) is 15.4. The molecule has 0 saturated heterocycles. The fourth-order valence-electron chi connectivity index (χ4n) is 6.33. The van der Waals surface area contributed by atoms with Crippen molar-refractivity contribution in [3.05, 3.63) is 0 Å². The third-order valence-corrected chi connectivity index (χ3v) is 8.36. The SMILES string of the molecule is CCCCCCN(C1CCCCCCCCCCC1)C1CCCCCCCCCCC1. The maximum absolute atomic E-state index is 3.12. The summed E-state index contributed by atoms with van der Waals surface area (Å²) in [5.41, 5.74) is 0. The van der Waals surface area contributed by atoms with Crippen LogP contribution >= 0.6 is 0 Å². The van der Waals surface area contributed by atoms with E-state index in [1.807, 2.05) is 0 Å². The lowest BCUT2D eigenvalue weighted by atomic mass is 9.92. The first-order valence-electron chi connectivity index (χ1n) is 15.2. The second kappa shape index (κ2) is 19.4. The van der Waals surface area contributed by atoms with Gasteiger partial charge in [0.25, 0.3) is 0 Å². The van der Waals surface area contributed by atoms with E-state index in [0.717, 1.165) is 12.1 Å². The summed E-state index contributed by atoms with van der Waals surface area (Å²) in [6, 6.07) is 1.78. The molecule has 0 aromatic carbocycles. The number of rotatable bonds is 7. The van der Waals surface area contributed by atoms with E-state index in [1.165, 1.54) is 173 Å². The van der Waals surface area contributed by atoms with Crippen molar-refractivity contribution < 1.29 is 0 Å². The van der Waals surface area contributed by atoms with Gasteiger partial charge in [-0.2, -0.15) is 0 Å². The lowest BCUT2D eigenvalue weighted by molar-refractivity contribution is 0.0954. The second-order valence-electron chi connectivity index (χ2n) is 11.1. The van der Waals surface area contributed by atoms with Gasteiger partial charge in [0.1, 0.15) is 0 Å². The van der Waals surface area contributed by atoms with Gasteiger partial charge in [-0.25, -0.2) is 0 Å². The molecule has 31 heavy (non-hydrogen) atoms. The normalized spacial score (nSPS) is 23.4. The minimum absolute atomic E-state index is 0.888. The molecule has 0 bridgehead atoms. The molecule has 2 fully saturated rings. The third kappa shape index (κ3) is 13.3. The summed E-state index contributed by atoms with van der Waals surface area (Å²) in [5, 5.41) is 0. The Morgan fingerprint density at radius 2 is 0.742 bits per heavy atom. The number of hydrogen-bond donors (Lipinski definition) is 0. The van der Waals surface area contributed by atoms with Crippen molar-refractivity contribution >= 4 is 0 Å². The first kappa shape index (κ1) is 27.2. The largest absolute Gasteiger partial charge is 0.297 e. The van der Waals surface area contributed by atoms with E-state index < -0.39 is 0 Å². The van der Waals surface area contributed by atoms with Gasteiger partial charge in [-0.15, -0.1) is 0 Å². The zero-order valence-electron chi connectivity index (χ0n) is 21.7. The molecule has 1 nitrogen and oxygen atoms in total. The van der Waals surface area contributed by atoms with Crippen molar-refractivity contribution in [1.29, 1.82) is 0 Å². The van der Waals surface area contributed by atoms with Crippen LogP contribution in [0.2, 0.25) is 0 Å². The molecule has 0 atom stereocenters. The van der Waals surface area contributed by atoms with E-state index in [1.54, 1.807) is 0 Å². The van der Waals surface area contributed by atoms with Gasteiger partial charge in [0.15, 0.2) is 0 Å². The summed E-state index contributed by atoms with van der Waals surface area (Å²) in [6.07, 6.45) is 38.5. The molecule has 2 aliphatic rings. The van der Waals surface area contributed by atoms with Crippen LogP contribution in [0.4, 0.5) is 0 Å². The number of unbranched alkanes of at least 4 members (excludes halogenated alkanes) is 3. The summed E-state index contributed by atoms with van der Waals surface area (Å²) < 4.78 is 0. The zero-order valence-corrected chi connectivity index (χ0v) is 21.7. The van der Waals surface area contributed by atoms with Gasteiger partial charge in [0, 0.05) is 12.1 Å². The Morgan fingerprint density at radius 3 is 1.06 bits per heavy atom. The molecule has 0 radical (unpaired) electrons. The van der Waals surface area contributed by atoms with Crippen LogP contribution in [0.15, 0.2) is 0 Å². The second-order valence-corrected chi connectivity index (χ2v) is 11.1. The van der Waals surface area contributed by atoms with Crippen molar-refractivity contribution in [2.24, 2.45) is 0 Å². The van der Waals surface area contributed by atoms with Crippen LogP contribution < -0.4 is 0 Å². The van der Waals surface area contributed by atoms with Crippen LogP contribution in [0.3, 0.4) is 0 Å². The smallest absolute Gasteiger partial charge is 0.00981 e. The third-order valence-electron chi connectivity index (χ3n) is 8.36. The van der Waals surface area contributed by atoms with Crippen molar-refractivity contribution in [3.63, 3.8) is 0 Å². The van der Waals surface area contributed by atoms with Gasteiger partial charge in [0.05, 0.1) is 0 Å². The van der Waals surface area contributed by atoms with Gasteiger partial charge in [-0.3, -0.25) is 4.90 Å². The van der Waals surface area contributed by atoms with Gasteiger partial charge in [-0.1, -0.05) is 142 Å². The molecule has 2 saturated carbocycles. The quantitative estimate of drug-likeness (QED) is 0.361. The molecular formula is C30H59N. The van der Waals surface area contributed by atoms with Gasteiger partial charge >= 0.3 is 0 Å². The van der Waals surface area contributed by atoms with Gasteiger partial charge < -0.3 is 0 Å². The Bertz CT molecular complexity index is 325. The molecule has 0 aromatic rings. The molecule has 0 heterocycles. The highest BCUT2D eigenvalue weighted by molar-refractivity contribution is 4.81. The minimum Gasteiger partial charge on any atom is -0.297 e. The fraction of sp³-hybridized carbons (Fsp3) is 1.00. The lowest BCUT2D eigenvalue weighted by Gasteiger charge is -2.39. The maximum Gasteiger partial charge on any atom is 0.00981 e. The summed E-state index contributed by atoms with van der Waals surface area (Å²) in [7, 11) is 0. The molecule has 2 rings (SSSR count).